The highest BCUT2D eigenvalue weighted by Gasteiger charge is 2.13. The fraction of sp³-hybridized carbons (Fsp3) is 0.167. The summed E-state index contributed by atoms with van der Waals surface area (Å²) in [4.78, 5) is 35.4. The molecule has 2 aromatic carbocycles. The molecule has 0 unspecified atom stereocenters. The van der Waals surface area contributed by atoms with E-state index in [0.717, 1.165) is 11.6 Å². The minimum atomic E-state index is -0.758. The van der Waals surface area contributed by atoms with Crippen LogP contribution in [0.4, 0.5) is 4.39 Å². The van der Waals surface area contributed by atoms with Gasteiger partial charge in [0.1, 0.15) is 5.82 Å². The molecule has 24 heavy (non-hydrogen) atoms. The Labute approximate surface area is 138 Å². The van der Waals surface area contributed by atoms with Gasteiger partial charge in [-0.3, -0.25) is 25.2 Å². The maximum Gasteiger partial charge on any atom is 0.272 e. The molecule has 0 radical (unpaired) electrons. The number of hydrazine groups is 1. The van der Waals surface area contributed by atoms with Gasteiger partial charge in [-0.15, -0.1) is 0 Å². The lowest BCUT2D eigenvalue weighted by atomic mass is 10.1. The SMILES string of the molecule is Cc1ccc(C(=O)CCC(=O)NNC(=O)c2ccccc2F)cc1. The Bertz CT molecular complexity index is 757. The Morgan fingerprint density at radius 3 is 2.25 bits per heavy atom. The Hall–Kier alpha value is -3.02. The summed E-state index contributed by atoms with van der Waals surface area (Å²) >= 11 is 0. The highest BCUT2D eigenvalue weighted by Crippen LogP contribution is 2.08. The van der Waals surface area contributed by atoms with Crippen LogP contribution in [-0.2, 0) is 4.79 Å². The molecule has 0 heterocycles. The maximum atomic E-state index is 13.4. The van der Waals surface area contributed by atoms with E-state index in [9.17, 15) is 18.8 Å². The summed E-state index contributed by atoms with van der Waals surface area (Å²) in [5.41, 5.74) is 5.69. The number of hydrogen-bond acceptors (Lipinski definition) is 3. The molecule has 2 N–H and O–H groups in total. The molecule has 124 valence electrons. The third-order valence-corrected chi connectivity index (χ3v) is 3.39. The van der Waals surface area contributed by atoms with E-state index >= 15 is 0 Å². The molecule has 2 aromatic rings. The highest BCUT2D eigenvalue weighted by atomic mass is 19.1. The molecule has 0 saturated heterocycles. The number of rotatable bonds is 5. The van der Waals surface area contributed by atoms with Crippen LogP contribution in [0.15, 0.2) is 48.5 Å². The fourth-order valence-corrected chi connectivity index (χ4v) is 2.01. The lowest BCUT2D eigenvalue weighted by Crippen LogP contribution is -2.42. The van der Waals surface area contributed by atoms with E-state index in [1.54, 1.807) is 12.1 Å². The Balaban J connectivity index is 1.79. The molecule has 0 aliphatic heterocycles. The normalized spacial score (nSPS) is 10.1. The minimum absolute atomic E-state index is 0.0183. The number of ketones is 1. The van der Waals surface area contributed by atoms with Gasteiger partial charge in [0.05, 0.1) is 5.56 Å². The van der Waals surface area contributed by atoms with Crippen LogP contribution in [0.25, 0.3) is 0 Å². The molecule has 0 atom stereocenters. The monoisotopic (exact) mass is 328 g/mol. The third kappa shape index (κ3) is 4.74. The van der Waals surface area contributed by atoms with Crippen molar-refractivity contribution in [1.82, 2.24) is 10.9 Å². The second kappa shape index (κ2) is 8.01. The van der Waals surface area contributed by atoms with E-state index in [2.05, 4.69) is 10.9 Å². The van der Waals surface area contributed by atoms with Gasteiger partial charge >= 0.3 is 0 Å². The van der Waals surface area contributed by atoms with Crippen LogP contribution in [0, 0.1) is 12.7 Å². The van der Waals surface area contributed by atoms with Crippen molar-refractivity contribution in [2.45, 2.75) is 19.8 Å². The first-order valence-electron chi connectivity index (χ1n) is 7.41. The second-order valence-electron chi connectivity index (χ2n) is 5.27. The Morgan fingerprint density at radius 2 is 1.58 bits per heavy atom. The fourth-order valence-electron chi connectivity index (χ4n) is 2.01. The number of amides is 2. The molecule has 0 bridgehead atoms. The molecule has 0 aliphatic rings. The molecule has 0 fully saturated rings. The number of carbonyl (C=O) groups is 3. The van der Waals surface area contributed by atoms with Crippen molar-refractivity contribution >= 4 is 17.6 Å². The maximum absolute atomic E-state index is 13.4. The van der Waals surface area contributed by atoms with E-state index in [1.165, 1.54) is 18.2 Å². The Kier molecular flexibility index (Phi) is 5.78. The summed E-state index contributed by atoms with van der Waals surface area (Å²) in [6, 6.07) is 12.5. The van der Waals surface area contributed by atoms with Crippen LogP contribution in [0.2, 0.25) is 0 Å². The molecule has 5 nitrogen and oxygen atoms in total. The zero-order valence-corrected chi connectivity index (χ0v) is 13.1. The molecule has 2 rings (SSSR count). The van der Waals surface area contributed by atoms with Crippen molar-refractivity contribution in [3.8, 4) is 0 Å². The standard InChI is InChI=1S/C18H17FN2O3/c1-12-6-8-13(9-7-12)16(22)10-11-17(23)20-21-18(24)14-4-2-3-5-15(14)19/h2-9H,10-11H2,1H3,(H,20,23)(H,21,24). The number of carbonyl (C=O) groups excluding carboxylic acids is 3. The predicted octanol–water partition coefficient (Wildman–Crippen LogP) is 2.56. The molecular weight excluding hydrogens is 311 g/mol. The van der Waals surface area contributed by atoms with Gasteiger partial charge in [0.15, 0.2) is 5.78 Å². The summed E-state index contributed by atoms with van der Waals surface area (Å²) < 4.78 is 13.4. The van der Waals surface area contributed by atoms with Gasteiger partial charge in [0.25, 0.3) is 5.91 Å². The lowest BCUT2D eigenvalue weighted by Gasteiger charge is -2.08. The van der Waals surface area contributed by atoms with Gasteiger partial charge in [-0.05, 0) is 19.1 Å². The first-order valence-corrected chi connectivity index (χ1v) is 7.41. The van der Waals surface area contributed by atoms with Crippen LogP contribution in [0.1, 0.15) is 39.1 Å². The van der Waals surface area contributed by atoms with Crippen LogP contribution in [0.5, 0.6) is 0 Å². The van der Waals surface area contributed by atoms with Crippen molar-refractivity contribution in [3.63, 3.8) is 0 Å². The number of benzene rings is 2. The van der Waals surface area contributed by atoms with E-state index in [1.807, 2.05) is 19.1 Å². The minimum Gasteiger partial charge on any atom is -0.294 e. The summed E-state index contributed by atoms with van der Waals surface area (Å²) in [5.74, 6) is -2.13. The highest BCUT2D eigenvalue weighted by molar-refractivity contribution is 5.99. The average Bonchev–Trinajstić information content (AvgIpc) is 2.58. The molecule has 0 saturated carbocycles. The van der Waals surface area contributed by atoms with Crippen LogP contribution in [0.3, 0.4) is 0 Å². The average molecular weight is 328 g/mol. The van der Waals surface area contributed by atoms with Crippen molar-refractivity contribution in [2.75, 3.05) is 0 Å². The summed E-state index contributed by atoms with van der Waals surface area (Å²) in [5, 5.41) is 0. The molecular formula is C18H17FN2O3. The van der Waals surface area contributed by atoms with Gasteiger partial charge in [0.2, 0.25) is 5.91 Å². The first kappa shape index (κ1) is 17.3. The van der Waals surface area contributed by atoms with Crippen molar-refractivity contribution in [2.24, 2.45) is 0 Å². The molecule has 0 aromatic heterocycles. The van der Waals surface area contributed by atoms with Crippen LogP contribution in [-0.4, -0.2) is 17.6 Å². The van der Waals surface area contributed by atoms with Gasteiger partial charge in [-0.2, -0.15) is 0 Å². The van der Waals surface area contributed by atoms with Crippen molar-refractivity contribution < 1.29 is 18.8 Å². The van der Waals surface area contributed by atoms with E-state index < -0.39 is 17.6 Å². The van der Waals surface area contributed by atoms with Gasteiger partial charge < -0.3 is 0 Å². The van der Waals surface area contributed by atoms with E-state index in [-0.39, 0.29) is 24.2 Å². The van der Waals surface area contributed by atoms with E-state index in [4.69, 9.17) is 0 Å². The molecule has 6 heteroatoms. The first-order chi connectivity index (χ1) is 11.5. The quantitative estimate of drug-likeness (QED) is 0.654. The van der Waals surface area contributed by atoms with Gasteiger partial charge in [0, 0.05) is 18.4 Å². The Morgan fingerprint density at radius 1 is 0.917 bits per heavy atom. The molecule has 2 amide bonds. The number of nitrogens with one attached hydrogen (secondary N) is 2. The largest absolute Gasteiger partial charge is 0.294 e. The van der Waals surface area contributed by atoms with Crippen LogP contribution >= 0.6 is 0 Å². The molecule has 0 aliphatic carbocycles. The van der Waals surface area contributed by atoms with Gasteiger partial charge in [-0.25, -0.2) is 4.39 Å². The van der Waals surface area contributed by atoms with Crippen LogP contribution < -0.4 is 10.9 Å². The summed E-state index contributed by atoms with van der Waals surface area (Å²) in [7, 11) is 0. The second-order valence-corrected chi connectivity index (χ2v) is 5.27. The van der Waals surface area contributed by atoms with E-state index in [0.29, 0.717) is 5.56 Å². The predicted molar refractivity (Wildman–Crippen MR) is 86.8 cm³/mol. The van der Waals surface area contributed by atoms with Crippen molar-refractivity contribution in [3.05, 3.63) is 71.0 Å². The lowest BCUT2D eigenvalue weighted by molar-refractivity contribution is -0.121. The smallest absolute Gasteiger partial charge is 0.272 e. The number of hydrogen-bond donors (Lipinski definition) is 2. The summed E-state index contributed by atoms with van der Waals surface area (Å²) in [6.07, 6.45) is -0.0608. The number of Topliss-reactive ketones (excluding diaryl/α,β-unsaturated/α-hetero) is 1. The zero-order chi connectivity index (χ0) is 17.5. The summed E-state index contributed by atoms with van der Waals surface area (Å²) in [6.45, 7) is 1.92. The number of halogens is 1. The van der Waals surface area contributed by atoms with Crippen molar-refractivity contribution in [1.29, 1.82) is 0 Å². The molecule has 0 spiro atoms. The third-order valence-electron chi connectivity index (χ3n) is 3.39. The topological polar surface area (TPSA) is 75.3 Å². The zero-order valence-electron chi connectivity index (χ0n) is 13.1. The number of aryl methyl sites for hydroxylation is 1. The van der Waals surface area contributed by atoms with Gasteiger partial charge in [-0.1, -0.05) is 42.0 Å².